The van der Waals surface area contributed by atoms with Crippen molar-refractivity contribution < 1.29 is 4.74 Å². The van der Waals surface area contributed by atoms with E-state index in [9.17, 15) is 0 Å². The van der Waals surface area contributed by atoms with Gasteiger partial charge in [0.1, 0.15) is 5.75 Å². The molecule has 0 spiro atoms. The molecule has 0 aliphatic rings. The number of hydrogen-bond donors (Lipinski definition) is 0. The summed E-state index contributed by atoms with van der Waals surface area (Å²) in [5, 5.41) is 0.808. The Bertz CT molecular complexity index is 358. The number of halogens is 1. The van der Waals surface area contributed by atoms with Gasteiger partial charge >= 0.3 is 0 Å². The SMILES string of the molecule is C=CCCc1cc(Cl)c(C)cc1OCCC. The Kier molecular flexibility index (Phi) is 5.41. The van der Waals surface area contributed by atoms with E-state index in [4.69, 9.17) is 16.3 Å². The molecule has 0 aliphatic carbocycles. The highest BCUT2D eigenvalue weighted by atomic mass is 35.5. The summed E-state index contributed by atoms with van der Waals surface area (Å²) in [6.45, 7) is 8.59. The number of rotatable bonds is 6. The summed E-state index contributed by atoms with van der Waals surface area (Å²) in [6.07, 6.45) is 4.81. The van der Waals surface area contributed by atoms with E-state index in [0.717, 1.165) is 42.2 Å². The van der Waals surface area contributed by atoms with E-state index in [1.807, 2.05) is 25.1 Å². The van der Waals surface area contributed by atoms with E-state index in [0.29, 0.717) is 0 Å². The molecule has 0 heterocycles. The molecule has 1 nitrogen and oxygen atoms in total. The molecule has 1 aromatic carbocycles. The Morgan fingerprint density at radius 3 is 2.81 bits per heavy atom. The van der Waals surface area contributed by atoms with Crippen LogP contribution in [0.3, 0.4) is 0 Å². The van der Waals surface area contributed by atoms with Crippen molar-refractivity contribution in [2.24, 2.45) is 0 Å². The highest BCUT2D eigenvalue weighted by Gasteiger charge is 2.06. The summed E-state index contributed by atoms with van der Waals surface area (Å²) in [5.74, 6) is 0.964. The van der Waals surface area contributed by atoms with Gasteiger partial charge in [-0.15, -0.1) is 6.58 Å². The second-order valence-corrected chi connectivity index (χ2v) is 4.29. The van der Waals surface area contributed by atoms with Crippen LogP contribution in [0.15, 0.2) is 24.8 Å². The molecule has 0 bridgehead atoms. The Balaban J connectivity index is 2.91. The van der Waals surface area contributed by atoms with Crippen LogP contribution in [-0.4, -0.2) is 6.61 Å². The van der Waals surface area contributed by atoms with Gasteiger partial charge in [-0.1, -0.05) is 24.6 Å². The molecule has 0 aromatic heterocycles. The van der Waals surface area contributed by atoms with Crippen LogP contribution < -0.4 is 4.74 Å². The van der Waals surface area contributed by atoms with Crippen molar-refractivity contribution in [3.05, 3.63) is 40.9 Å². The Morgan fingerprint density at radius 2 is 2.19 bits per heavy atom. The van der Waals surface area contributed by atoms with Crippen molar-refractivity contribution in [1.29, 1.82) is 0 Å². The molecule has 0 radical (unpaired) electrons. The molecule has 2 heteroatoms. The minimum Gasteiger partial charge on any atom is -0.493 e. The lowest BCUT2D eigenvalue weighted by molar-refractivity contribution is 0.314. The van der Waals surface area contributed by atoms with E-state index in [1.54, 1.807) is 0 Å². The van der Waals surface area contributed by atoms with E-state index in [1.165, 1.54) is 5.56 Å². The Labute approximate surface area is 103 Å². The lowest BCUT2D eigenvalue weighted by Crippen LogP contribution is -2.00. The third-order valence-corrected chi connectivity index (χ3v) is 2.83. The lowest BCUT2D eigenvalue weighted by atomic mass is 10.1. The minimum atomic E-state index is 0.752. The van der Waals surface area contributed by atoms with Crippen molar-refractivity contribution in [2.45, 2.75) is 33.1 Å². The Hall–Kier alpha value is -0.950. The number of hydrogen-bond acceptors (Lipinski definition) is 1. The molecule has 0 atom stereocenters. The molecule has 16 heavy (non-hydrogen) atoms. The maximum Gasteiger partial charge on any atom is 0.122 e. The van der Waals surface area contributed by atoms with Crippen LogP contribution in [0, 0.1) is 6.92 Å². The number of benzene rings is 1. The summed E-state index contributed by atoms with van der Waals surface area (Å²) >= 11 is 6.12. The summed E-state index contributed by atoms with van der Waals surface area (Å²) in [7, 11) is 0. The van der Waals surface area contributed by atoms with Crippen LogP contribution in [0.25, 0.3) is 0 Å². The number of aryl methyl sites for hydroxylation is 2. The van der Waals surface area contributed by atoms with Crippen LogP contribution in [0.5, 0.6) is 5.75 Å². The van der Waals surface area contributed by atoms with Crippen molar-refractivity contribution >= 4 is 11.6 Å². The third-order valence-electron chi connectivity index (χ3n) is 2.42. The van der Waals surface area contributed by atoms with Gasteiger partial charge in [0.25, 0.3) is 0 Å². The van der Waals surface area contributed by atoms with Gasteiger partial charge in [0.2, 0.25) is 0 Å². The standard InChI is InChI=1S/C14H19ClO/c1-4-6-7-12-10-13(15)11(3)9-14(12)16-8-5-2/h4,9-10H,1,5-8H2,2-3H3. The highest BCUT2D eigenvalue weighted by Crippen LogP contribution is 2.28. The largest absolute Gasteiger partial charge is 0.493 e. The lowest BCUT2D eigenvalue weighted by Gasteiger charge is -2.12. The number of allylic oxidation sites excluding steroid dienone is 1. The quantitative estimate of drug-likeness (QED) is 0.661. The zero-order valence-electron chi connectivity index (χ0n) is 10.1. The first-order valence-electron chi connectivity index (χ1n) is 5.71. The first-order chi connectivity index (χ1) is 7.69. The molecule has 1 rings (SSSR count). The van der Waals surface area contributed by atoms with Gasteiger partial charge in [0.05, 0.1) is 6.61 Å². The van der Waals surface area contributed by atoms with E-state index >= 15 is 0 Å². The fourth-order valence-corrected chi connectivity index (χ4v) is 1.68. The first kappa shape index (κ1) is 13.1. The molecular formula is C14H19ClO. The van der Waals surface area contributed by atoms with Crippen molar-refractivity contribution in [1.82, 2.24) is 0 Å². The van der Waals surface area contributed by atoms with E-state index in [2.05, 4.69) is 13.5 Å². The van der Waals surface area contributed by atoms with Crippen LogP contribution in [0.1, 0.15) is 30.9 Å². The predicted octanol–water partition coefficient (Wildman–Crippen LogP) is 4.56. The summed E-state index contributed by atoms with van der Waals surface area (Å²) in [6, 6.07) is 4.03. The van der Waals surface area contributed by atoms with Gasteiger partial charge in [0.15, 0.2) is 0 Å². The minimum absolute atomic E-state index is 0.752. The average molecular weight is 239 g/mol. The van der Waals surface area contributed by atoms with Crippen LogP contribution in [-0.2, 0) is 6.42 Å². The monoisotopic (exact) mass is 238 g/mol. The van der Waals surface area contributed by atoms with Gasteiger partial charge in [-0.05, 0) is 49.4 Å². The first-order valence-corrected chi connectivity index (χ1v) is 6.09. The predicted molar refractivity (Wildman–Crippen MR) is 70.5 cm³/mol. The topological polar surface area (TPSA) is 9.23 Å². The van der Waals surface area contributed by atoms with Crippen LogP contribution in [0.4, 0.5) is 0 Å². The second kappa shape index (κ2) is 6.59. The van der Waals surface area contributed by atoms with Gasteiger partial charge in [-0.2, -0.15) is 0 Å². The fraction of sp³-hybridized carbons (Fsp3) is 0.429. The molecule has 0 aliphatic heterocycles. The second-order valence-electron chi connectivity index (χ2n) is 3.88. The summed E-state index contributed by atoms with van der Waals surface area (Å²) < 4.78 is 5.73. The summed E-state index contributed by atoms with van der Waals surface area (Å²) in [4.78, 5) is 0. The van der Waals surface area contributed by atoms with Crippen molar-refractivity contribution in [2.75, 3.05) is 6.61 Å². The molecule has 0 amide bonds. The van der Waals surface area contributed by atoms with Crippen molar-refractivity contribution in [3.8, 4) is 5.75 Å². The summed E-state index contributed by atoms with van der Waals surface area (Å²) in [5.41, 5.74) is 2.24. The molecule has 0 unspecified atom stereocenters. The molecule has 0 saturated carbocycles. The molecular weight excluding hydrogens is 220 g/mol. The third kappa shape index (κ3) is 3.57. The smallest absolute Gasteiger partial charge is 0.122 e. The Morgan fingerprint density at radius 1 is 1.44 bits per heavy atom. The maximum absolute atomic E-state index is 6.12. The zero-order chi connectivity index (χ0) is 12.0. The van der Waals surface area contributed by atoms with Crippen molar-refractivity contribution in [3.63, 3.8) is 0 Å². The molecule has 0 saturated heterocycles. The highest BCUT2D eigenvalue weighted by molar-refractivity contribution is 6.31. The molecule has 0 fully saturated rings. The zero-order valence-corrected chi connectivity index (χ0v) is 10.8. The number of ether oxygens (including phenoxy) is 1. The van der Waals surface area contributed by atoms with E-state index in [-0.39, 0.29) is 0 Å². The van der Waals surface area contributed by atoms with E-state index < -0.39 is 0 Å². The molecule has 0 N–H and O–H groups in total. The van der Waals surface area contributed by atoms with Crippen LogP contribution >= 0.6 is 11.6 Å². The van der Waals surface area contributed by atoms with Gasteiger partial charge in [-0.3, -0.25) is 0 Å². The van der Waals surface area contributed by atoms with Crippen LogP contribution in [0.2, 0.25) is 5.02 Å². The van der Waals surface area contributed by atoms with Gasteiger partial charge in [0, 0.05) is 5.02 Å². The van der Waals surface area contributed by atoms with Gasteiger partial charge in [-0.25, -0.2) is 0 Å². The molecule has 1 aromatic rings. The van der Waals surface area contributed by atoms with Gasteiger partial charge < -0.3 is 4.74 Å². The average Bonchev–Trinajstić information content (AvgIpc) is 2.28. The maximum atomic E-state index is 6.12. The molecule has 88 valence electrons. The normalized spacial score (nSPS) is 10.2. The fourth-order valence-electron chi connectivity index (χ4n) is 1.50.